The number of hydrogen-bond donors (Lipinski definition) is 2. The Morgan fingerprint density at radius 1 is 0.960 bits per heavy atom. The highest BCUT2D eigenvalue weighted by atomic mass is 16.3. The van der Waals surface area contributed by atoms with Crippen LogP contribution in [-0.4, -0.2) is 22.3 Å². The number of aliphatic hydroxyl groups excluding tert-OH is 2. The Labute approximate surface area is 151 Å². The van der Waals surface area contributed by atoms with Crippen molar-refractivity contribution >= 4 is 12.1 Å². The second-order valence-electron chi connectivity index (χ2n) is 8.32. The van der Waals surface area contributed by atoms with Crippen LogP contribution in [0.2, 0.25) is 0 Å². The molecule has 140 valence electrons. The van der Waals surface area contributed by atoms with Gasteiger partial charge in [0.15, 0.2) is 0 Å². The van der Waals surface area contributed by atoms with Gasteiger partial charge < -0.3 is 15.0 Å². The molecule has 0 bridgehead atoms. The summed E-state index contributed by atoms with van der Waals surface area (Å²) in [7, 11) is 0. The molecular weight excluding hydrogens is 316 g/mol. The second-order valence-corrected chi connectivity index (χ2v) is 8.32. The van der Waals surface area contributed by atoms with Gasteiger partial charge in [-0.1, -0.05) is 52.0 Å². The molecule has 1 rings (SSSR count). The van der Waals surface area contributed by atoms with Crippen molar-refractivity contribution in [3.05, 3.63) is 35.4 Å². The average molecular weight is 348 g/mol. The zero-order chi connectivity index (χ0) is 19.3. The minimum atomic E-state index is -0.626. The van der Waals surface area contributed by atoms with Crippen molar-refractivity contribution in [3.63, 3.8) is 0 Å². The van der Waals surface area contributed by atoms with Gasteiger partial charge in [0, 0.05) is 10.8 Å². The van der Waals surface area contributed by atoms with Gasteiger partial charge in [-0.15, -0.1) is 0 Å². The maximum absolute atomic E-state index is 11.6. The quantitative estimate of drug-likeness (QED) is 0.623. The van der Waals surface area contributed by atoms with Crippen molar-refractivity contribution in [2.75, 3.05) is 0 Å². The summed E-state index contributed by atoms with van der Waals surface area (Å²) < 4.78 is 0. The van der Waals surface area contributed by atoms with Gasteiger partial charge >= 0.3 is 0 Å². The molecule has 4 nitrogen and oxygen atoms in total. The van der Waals surface area contributed by atoms with Crippen molar-refractivity contribution in [2.45, 2.75) is 72.5 Å². The molecule has 0 saturated heterocycles. The Morgan fingerprint density at radius 3 is 1.72 bits per heavy atom. The third-order valence-corrected chi connectivity index (χ3v) is 5.08. The normalized spacial score (nSPS) is 14.8. The molecule has 4 heteroatoms. The predicted octanol–water partition coefficient (Wildman–Crippen LogP) is 4.15. The summed E-state index contributed by atoms with van der Waals surface area (Å²) in [6.07, 6.45) is 1.93. The van der Waals surface area contributed by atoms with Gasteiger partial charge in [-0.25, -0.2) is 0 Å². The van der Waals surface area contributed by atoms with E-state index in [2.05, 4.69) is 0 Å². The fourth-order valence-electron chi connectivity index (χ4n) is 2.51. The maximum Gasteiger partial charge on any atom is 0.135 e. The minimum Gasteiger partial charge on any atom is -0.388 e. The third-order valence-electron chi connectivity index (χ3n) is 5.08. The summed E-state index contributed by atoms with van der Waals surface area (Å²) >= 11 is 0. The second kappa shape index (κ2) is 8.72. The Hall–Kier alpha value is -1.52. The van der Waals surface area contributed by atoms with E-state index in [1.807, 2.05) is 52.0 Å². The standard InChI is InChI=1S/C21H32O4/c1-15(23)21(4,5)13-11-19(25)17-8-6-16(7-9-17)18(24)10-12-20(2,3)14-22/h6-9,14,18-19,24-25H,10-13H2,1-5H3. The smallest absolute Gasteiger partial charge is 0.135 e. The van der Waals surface area contributed by atoms with Crippen LogP contribution in [0.5, 0.6) is 0 Å². The molecular formula is C21H32O4. The summed E-state index contributed by atoms with van der Waals surface area (Å²) in [5, 5.41) is 20.6. The van der Waals surface area contributed by atoms with Crippen LogP contribution in [0, 0.1) is 10.8 Å². The lowest BCUT2D eigenvalue weighted by molar-refractivity contribution is -0.125. The zero-order valence-electron chi connectivity index (χ0n) is 16.1. The molecule has 0 amide bonds. The Bertz CT molecular complexity index is 572. The summed E-state index contributed by atoms with van der Waals surface area (Å²) in [5.74, 6) is 0.122. The van der Waals surface area contributed by atoms with E-state index in [1.165, 1.54) is 0 Å². The lowest BCUT2D eigenvalue weighted by atomic mass is 9.82. The fourth-order valence-corrected chi connectivity index (χ4v) is 2.51. The van der Waals surface area contributed by atoms with Crippen molar-refractivity contribution in [1.29, 1.82) is 0 Å². The maximum atomic E-state index is 11.6. The Kier molecular flexibility index (Phi) is 7.51. The molecule has 1 aromatic rings. The van der Waals surface area contributed by atoms with Crippen molar-refractivity contribution in [1.82, 2.24) is 0 Å². The third kappa shape index (κ3) is 6.71. The van der Waals surface area contributed by atoms with Crippen molar-refractivity contribution in [2.24, 2.45) is 10.8 Å². The van der Waals surface area contributed by atoms with E-state index >= 15 is 0 Å². The molecule has 25 heavy (non-hydrogen) atoms. The topological polar surface area (TPSA) is 74.6 Å². The number of aldehydes is 1. The van der Waals surface area contributed by atoms with E-state index in [1.54, 1.807) is 6.92 Å². The van der Waals surface area contributed by atoms with Gasteiger partial charge in [-0.3, -0.25) is 4.79 Å². The van der Waals surface area contributed by atoms with Crippen molar-refractivity contribution in [3.8, 4) is 0 Å². The van der Waals surface area contributed by atoms with Crippen LogP contribution in [0.4, 0.5) is 0 Å². The Morgan fingerprint density at radius 2 is 1.36 bits per heavy atom. The number of hydrogen-bond acceptors (Lipinski definition) is 4. The van der Waals surface area contributed by atoms with Crippen LogP contribution >= 0.6 is 0 Å². The van der Waals surface area contributed by atoms with Gasteiger partial charge in [-0.05, 0) is 43.7 Å². The van der Waals surface area contributed by atoms with Gasteiger partial charge in [0.25, 0.3) is 0 Å². The van der Waals surface area contributed by atoms with E-state index in [0.717, 1.165) is 17.4 Å². The molecule has 0 saturated carbocycles. The molecule has 2 atom stereocenters. The molecule has 0 aliphatic rings. The van der Waals surface area contributed by atoms with Crippen LogP contribution in [0.15, 0.2) is 24.3 Å². The number of Topliss-reactive ketones (excluding diaryl/α,β-unsaturated/α-hetero) is 1. The molecule has 0 spiro atoms. The first-order valence-electron chi connectivity index (χ1n) is 8.92. The summed E-state index contributed by atoms with van der Waals surface area (Å²) in [4.78, 5) is 22.5. The molecule has 0 heterocycles. The highest BCUT2D eigenvalue weighted by molar-refractivity contribution is 5.81. The van der Waals surface area contributed by atoms with Gasteiger partial charge in [0.1, 0.15) is 12.1 Å². The van der Waals surface area contributed by atoms with E-state index in [4.69, 9.17) is 0 Å². The molecule has 1 aromatic carbocycles. The summed E-state index contributed by atoms with van der Waals surface area (Å²) in [6.45, 7) is 9.07. The number of aliphatic hydroxyl groups is 2. The van der Waals surface area contributed by atoms with E-state index in [0.29, 0.717) is 25.7 Å². The van der Waals surface area contributed by atoms with Crippen LogP contribution < -0.4 is 0 Å². The number of benzene rings is 1. The van der Waals surface area contributed by atoms with Crippen LogP contribution in [0.1, 0.15) is 83.6 Å². The van der Waals surface area contributed by atoms with Crippen LogP contribution in [0.3, 0.4) is 0 Å². The van der Waals surface area contributed by atoms with Crippen LogP contribution in [0.25, 0.3) is 0 Å². The monoisotopic (exact) mass is 348 g/mol. The van der Waals surface area contributed by atoms with Gasteiger partial charge in [0.05, 0.1) is 12.2 Å². The number of carbonyl (C=O) groups is 2. The van der Waals surface area contributed by atoms with Crippen LogP contribution in [-0.2, 0) is 9.59 Å². The zero-order valence-corrected chi connectivity index (χ0v) is 16.1. The largest absolute Gasteiger partial charge is 0.388 e. The lowest BCUT2D eigenvalue weighted by Gasteiger charge is -2.23. The predicted molar refractivity (Wildman–Crippen MR) is 99.1 cm³/mol. The molecule has 0 fully saturated rings. The highest BCUT2D eigenvalue weighted by Gasteiger charge is 2.25. The highest BCUT2D eigenvalue weighted by Crippen LogP contribution is 2.30. The Balaban J connectivity index is 2.63. The van der Waals surface area contributed by atoms with E-state index in [-0.39, 0.29) is 5.78 Å². The summed E-state index contributed by atoms with van der Waals surface area (Å²) in [5.41, 5.74) is 0.702. The number of carbonyl (C=O) groups excluding carboxylic acids is 2. The molecule has 0 aliphatic heterocycles. The van der Waals surface area contributed by atoms with Crippen molar-refractivity contribution < 1.29 is 19.8 Å². The molecule has 0 radical (unpaired) electrons. The number of rotatable bonds is 10. The lowest BCUT2D eigenvalue weighted by Crippen LogP contribution is -2.22. The summed E-state index contributed by atoms with van der Waals surface area (Å²) in [6, 6.07) is 7.25. The first-order valence-corrected chi connectivity index (χ1v) is 8.92. The van der Waals surface area contributed by atoms with Gasteiger partial charge in [-0.2, -0.15) is 0 Å². The van der Waals surface area contributed by atoms with E-state index in [9.17, 15) is 19.8 Å². The first-order chi connectivity index (χ1) is 11.5. The SMILES string of the molecule is CC(=O)C(C)(C)CCC(O)c1ccc(C(O)CCC(C)(C)C=O)cc1. The molecule has 0 aromatic heterocycles. The minimum absolute atomic E-state index is 0.122. The molecule has 0 aliphatic carbocycles. The van der Waals surface area contributed by atoms with E-state index < -0.39 is 23.0 Å². The number of ketones is 1. The average Bonchev–Trinajstić information content (AvgIpc) is 2.57. The first kappa shape index (κ1) is 21.5. The molecule has 2 N–H and O–H groups in total. The van der Waals surface area contributed by atoms with Gasteiger partial charge in [0.2, 0.25) is 0 Å². The molecule has 2 unspecified atom stereocenters. The fraction of sp³-hybridized carbons (Fsp3) is 0.619.